The van der Waals surface area contributed by atoms with E-state index in [0.717, 1.165) is 11.1 Å². The van der Waals surface area contributed by atoms with Gasteiger partial charge in [0.2, 0.25) is 17.6 Å². The summed E-state index contributed by atoms with van der Waals surface area (Å²) in [6.45, 7) is 0.415. The van der Waals surface area contributed by atoms with Crippen LogP contribution in [0.25, 0.3) is 11.4 Å². The first-order valence-electron chi connectivity index (χ1n) is 8.24. The maximum absolute atomic E-state index is 12.4. The normalized spacial score (nSPS) is 17.1. The monoisotopic (exact) mass is 387 g/mol. The van der Waals surface area contributed by atoms with Crippen LogP contribution in [0.2, 0.25) is 10.0 Å². The SMILES string of the molecule is O=C1CCC(c2nc(-c3cccc(Cl)c3)no2)N1Cc1ccccc1Cl. The fourth-order valence-corrected chi connectivity index (χ4v) is 3.50. The van der Waals surface area contributed by atoms with Gasteiger partial charge in [-0.05, 0) is 30.2 Å². The average Bonchev–Trinajstić information content (AvgIpc) is 3.25. The summed E-state index contributed by atoms with van der Waals surface area (Å²) < 4.78 is 5.46. The fourth-order valence-electron chi connectivity index (χ4n) is 3.11. The third-order valence-corrected chi connectivity index (χ3v) is 5.04. The summed E-state index contributed by atoms with van der Waals surface area (Å²) in [5.74, 6) is 0.940. The molecule has 132 valence electrons. The molecule has 3 aromatic rings. The van der Waals surface area contributed by atoms with Crippen molar-refractivity contribution in [2.45, 2.75) is 25.4 Å². The molecule has 2 aromatic carbocycles. The molecule has 1 unspecified atom stereocenters. The Morgan fingerprint density at radius 1 is 1.15 bits per heavy atom. The molecular formula is C19H15Cl2N3O2. The fraction of sp³-hybridized carbons (Fsp3) is 0.211. The molecular weight excluding hydrogens is 373 g/mol. The van der Waals surface area contributed by atoms with Crippen LogP contribution in [0, 0.1) is 0 Å². The molecule has 1 atom stereocenters. The molecule has 0 N–H and O–H groups in total. The molecule has 1 aromatic heterocycles. The molecule has 4 rings (SSSR count). The number of carbonyl (C=O) groups excluding carboxylic acids is 1. The molecule has 1 aliphatic heterocycles. The van der Waals surface area contributed by atoms with Crippen LogP contribution in [0.3, 0.4) is 0 Å². The summed E-state index contributed by atoms with van der Waals surface area (Å²) in [5.41, 5.74) is 1.67. The van der Waals surface area contributed by atoms with Crippen molar-refractivity contribution >= 4 is 29.1 Å². The van der Waals surface area contributed by atoms with E-state index >= 15 is 0 Å². The van der Waals surface area contributed by atoms with Crippen molar-refractivity contribution in [3.8, 4) is 11.4 Å². The topological polar surface area (TPSA) is 59.2 Å². The summed E-state index contributed by atoms with van der Waals surface area (Å²) >= 11 is 12.3. The van der Waals surface area contributed by atoms with Crippen LogP contribution in [-0.2, 0) is 11.3 Å². The van der Waals surface area contributed by atoms with E-state index in [0.29, 0.717) is 41.1 Å². The van der Waals surface area contributed by atoms with Gasteiger partial charge >= 0.3 is 0 Å². The van der Waals surface area contributed by atoms with E-state index in [1.54, 1.807) is 17.0 Å². The second-order valence-corrected chi connectivity index (χ2v) is 6.98. The lowest BCUT2D eigenvalue weighted by Gasteiger charge is -2.22. The van der Waals surface area contributed by atoms with Crippen molar-refractivity contribution in [2.75, 3.05) is 0 Å². The predicted molar refractivity (Wildman–Crippen MR) is 98.7 cm³/mol. The molecule has 0 aliphatic carbocycles. The van der Waals surface area contributed by atoms with Crippen LogP contribution in [-0.4, -0.2) is 20.9 Å². The van der Waals surface area contributed by atoms with Gasteiger partial charge in [0.05, 0.1) is 0 Å². The van der Waals surface area contributed by atoms with Gasteiger partial charge in [-0.2, -0.15) is 4.98 Å². The highest BCUT2D eigenvalue weighted by atomic mass is 35.5. The van der Waals surface area contributed by atoms with Gasteiger partial charge < -0.3 is 9.42 Å². The zero-order valence-electron chi connectivity index (χ0n) is 13.7. The van der Waals surface area contributed by atoms with E-state index < -0.39 is 0 Å². The molecule has 0 saturated carbocycles. The zero-order valence-corrected chi connectivity index (χ0v) is 15.2. The van der Waals surface area contributed by atoms with Crippen molar-refractivity contribution in [3.63, 3.8) is 0 Å². The van der Waals surface area contributed by atoms with Crippen LogP contribution < -0.4 is 0 Å². The van der Waals surface area contributed by atoms with Gasteiger partial charge in [0.25, 0.3) is 0 Å². The van der Waals surface area contributed by atoms with Gasteiger partial charge in [0.1, 0.15) is 6.04 Å². The van der Waals surface area contributed by atoms with E-state index in [4.69, 9.17) is 27.7 Å². The van der Waals surface area contributed by atoms with Crippen LogP contribution in [0.15, 0.2) is 53.1 Å². The summed E-state index contributed by atoms with van der Waals surface area (Å²) in [5, 5.41) is 5.28. The average molecular weight is 388 g/mol. The van der Waals surface area contributed by atoms with Crippen LogP contribution in [0.5, 0.6) is 0 Å². The lowest BCUT2D eigenvalue weighted by Crippen LogP contribution is -2.27. The van der Waals surface area contributed by atoms with Crippen molar-refractivity contribution in [2.24, 2.45) is 0 Å². The Kier molecular flexibility index (Phi) is 4.66. The Bertz CT molecular complexity index is 957. The molecule has 0 spiro atoms. The quantitative estimate of drug-likeness (QED) is 0.638. The minimum absolute atomic E-state index is 0.0532. The molecule has 1 saturated heterocycles. The third-order valence-electron chi connectivity index (χ3n) is 4.44. The van der Waals surface area contributed by atoms with Gasteiger partial charge in [-0.15, -0.1) is 0 Å². The first kappa shape index (κ1) is 17.1. The number of halogens is 2. The number of carbonyl (C=O) groups is 1. The largest absolute Gasteiger partial charge is 0.337 e. The van der Waals surface area contributed by atoms with Gasteiger partial charge in [-0.25, -0.2) is 0 Å². The second kappa shape index (κ2) is 7.09. The number of amides is 1. The van der Waals surface area contributed by atoms with Gasteiger partial charge in [-0.3, -0.25) is 4.79 Å². The van der Waals surface area contributed by atoms with E-state index in [9.17, 15) is 4.79 Å². The number of nitrogens with zero attached hydrogens (tertiary/aromatic N) is 3. The number of hydrogen-bond acceptors (Lipinski definition) is 4. The minimum atomic E-state index is -0.251. The van der Waals surface area contributed by atoms with E-state index in [1.165, 1.54) is 0 Å². The van der Waals surface area contributed by atoms with Crippen molar-refractivity contribution < 1.29 is 9.32 Å². The molecule has 5 nitrogen and oxygen atoms in total. The Morgan fingerprint density at radius 3 is 2.81 bits per heavy atom. The number of benzene rings is 2. The maximum atomic E-state index is 12.4. The number of aromatic nitrogens is 2. The Balaban J connectivity index is 1.60. The Hall–Kier alpha value is -2.37. The highest BCUT2D eigenvalue weighted by Gasteiger charge is 2.36. The maximum Gasteiger partial charge on any atom is 0.249 e. The second-order valence-electron chi connectivity index (χ2n) is 6.13. The number of likely N-dealkylation sites (tertiary alicyclic amines) is 1. The molecule has 1 fully saturated rings. The zero-order chi connectivity index (χ0) is 18.1. The van der Waals surface area contributed by atoms with Gasteiger partial charge in [0, 0.05) is 28.6 Å². The molecule has 0 radical (unpaired) electrons. The standard InChI is InChI=1S/C19H15Cl2N3O2/c20-14-6-3-5-12(10-14)18-22-19(26-23-18)16-8-9-17(25)24(16)11-13-4-1-2-7-15(13)21/h1-7,10,16H,8-9,11H2. The predicted octanol–water partition coefficient (Wildman–Crippen LogP) is 4.91. The first-order chi connectivity index (χ1) is 12.6. The Labute approximate surface area is 160 Å². The van der Waals surface area contributed by atoms with E-state index in [2.05, 4.69) is 10.1 Å². The van der Waals surface area contributed by atoms with Crippen molar-refractivity contribution in [3.05, 3.63) is 70.0 Å². The lowest BCUT2D eigenvalue weighted by molar-refractivity contribution is -0.129. The Morgan fingerprint density at radius 2 is 2.00 bits per heavy atom. The molecule has 2 heterocycles. The highest BCUT2D eigenvalue weighted by Crippen LogP contribution is 2.35. The van der Waals surface area contributed by atoms with E-state index in [1.807, 2.05) is 36.4 Å². The molecule has 0 bridgehead atoms. The van der Waals surface area contributed by atoms with E-state index in [-0.39, 0.29) is 11.9 Å². The summed E-state index contributed by atoms with van der Waals surface area (Å²) in [6.07, 6.45) is 1.09. The van der Waals surface area contributed by atoms with Gasteiger partial charge in [-0.1, -0.05) is 58.7 Å². The van der Waals surface area contributed by atoms with Crippen LogP contribution in [0.4, 0.5) is 0 Å². The minimum Gasteiger partial charge on any atom is -0.337 e. The first-order valence-corrected chi connectivity index (χ1v) is 9.00. The van der Waals surface area contributed by atoms with Gasteiger partial charge in [0.15, 0.2) is 0 Å². The smallest absolute Gasteiger partial charge is 0.249 e. The number of hydrogen-bond donors (Lipinski definition) is 0. The number of rotatable bonds is 4. The van der Waals surface area contributed by atoms with Crippen LogP contribution in [0.1, 0.15) is 30.3 Å². The van der Waals surface area contributed by atoms with Crippen LogP contribution >= 0.6 is 23.2 Å². The van der Waals surface area contributed by atoms with Crippen molar-refractivity contribution in [1.82, 2.24) is 15.0 Å². The molecule has 26 heavy (non-hydrogen) atoms. The summed E-state index contributed by atoms with van der Waals surface area (Å²) in [7, 11) is 0. The van der Waals surface area contributed by atoms with Crippen molar-refractivity contribution in [1.29, 1.82) is 0 Å². The molecule has 1 amide bonds. The summed E-state index contributed by atoms with van der Waals surface area (Å²) in [6, 6.07) is 14.5. The molecule has 7 heteroatoms. The summed E-state index contributed by atoms with van der Waals surface area (Å²) in [4.78, 5) is 18.6. The molecule has 1 aliphatic rings. The lowest BCUT2D eigenvalue weighted by atomic mass is 10.1. The third kappa shape index (κ3) is 3.32. The highest BCUT2D eigenvalue weighted by molar-refractivity contribution is 6.31.